The van der Waals surface area contributed by atoms with Gasteiger partial charge in [0.25, 0.3) is 5.88 Å². The number of hydrogen-bond acceptors (Lipinski definition) is 14. The van der Waals surface area contributed by atoms with E-state index in [0.29, 0.717) is 0 Å². The van der Waals surface area contributed by atoms with Crippen LogP contribution in [0.25, 0.3) is 44.5 Å². The molecule has 0 bridgehead atoms. The maximum atomic E-state index is 14.3. The highest BCUT2D eigenvalue weighted by molar-refractivity contribution is 5.87. The van der Waals surface area contributed by atoms with E-state index in [1.165, 1.54) is 6.33 Å². The fourth-order valence-corrected chi connectivity index (χ4v) is 12.1. The van der Waals surface area contributed by atoms with E-state index in [2.05, 4.69) is 39.6 Å². The Morgan fingerprint density at radius 1 is 0.532 bits per heavy atom. The topological polar surface area (TPSA) is 181 Å². The SMILES string of the molecule is O=C(Nc1nc(OC(=O)OCC2c3ccccc3-c3ccccc32)c2ncn(C3COC4COC(c5ccccc5)O[C@@H]4C3OC(=O)OCC3c4ccccc4-c4ccccc43)c2n1)OCC1c2ccccc2-c2ccccc21. The number of anilines is 1. The molecule has 9 aromatic rings. The summed E-state index contributed by atoms with van der Waals surface area (Å²) in [6.45, 7) is 0.0613. The number of hydrogen-bond donors (Lipinski definition) is 1. The molecule has 0 saturated carbocycles. The van der Waals surface area contributed by atoms with E-state index in [0.717, 1.165) is 72.3 Å². The van der Waals surface area contributed by atoms with E-state index < -0.39 is 49.0 Å². The Labute approximate surface area is 452 Å². The molecule has 14 rings (SSSR count). The maximum Gasteiger partial charge on any atom is 0.515 e. The van der Waals surface area contributed by atoms with Gasteiger partial charge in [-0.05, 0) is 66.8 Å². The van der Waals surface area contributed by atoms with Gasteiger partial charge in [0.15, 0.2) is 23.6 Å². The summed E-state index contributed by atoms with van der Waals surface area (Å²) >= 11 is 0. The molecule has 2 fully saturated rings. The van der Waals surface area contributed by atoms with Crippen molar-refractivity contribution < 1.29 is 52.3 Å². The van der Waals surface area contributed by atoms with Gasteiger partial charge in [-0.1, -0.05) is 176 Å². The number of amides is 1. The third-order valence-electron chi connectivity index (χ3n) is 15.7. The summed E-state index contributed by atoms with van der Waals surface area (Å²) in [7, 11) is 0. The number of rotatable bonds is 11. The molecule has 2 aliphatic heterocycles. The first-order valence-corrected chi connectivity index (χ1v) is 26.3. The monoisotopic (exact) mass is 1050 g/mol. The number of nitrogens with one attached hydrogen (secondary N) is 1. The van der Waals surface area contributed by atoms with Crippen molar-refractivity contribution in [3.63, 3.8) is 0 Å². The average molecular weight is 1050 g/mol. The second-order valence-corrected chi connectivity index (χ2v) is 20.0. The van der Waals surface area contributed by atoms with Gasteiger partial charge in [-0.25, -0.2) is 19.4 Å². The van der Waals surface area contributed by atoms with Crippen LogP contribution >= 0.6 is 0 Å². The van der Waals surface area contributed by atoms with Crippen molar-refractivity contribution in [1.82, 2.24) is 19.5 Å². The minimum atomic E-state index is -1.10. The Hall–Kier alpha value is -9.22. The lowest BCUT2D eigenvalue weighted by atomic mass is 9.96. The van der Waals surface area contributed by atoms with Crippen LogP contribution in [0.4, 0.5) is 20.3 Å². The normalized spacial score (nSPS) is 19.7. The van der Waals surface area contributed by atoms with Crippen LogP contribution < -0.4 is 10.1 Å². The first kappa shape index (κ1) is 48.2. The summed E-state index contributed by atoms with van der Waals surface area (Å²) in [5, 5.41) is 2.67. The van der Waals surface area contributed by atoms with Gasteiger partial charge in [-0.3, -0.25) is 5.32 Å². The Bertz CT molecular complexity index is 3690. The number of imidazole rings is 1. The maximum absolute atomic E-state index is 14.3. The van der Waals surface area contributed by atoms with Crippen molar-refractivity contribution in [2.24, 2.45) is 0 Å². The molecule has 3 aliphatic carbocycles. The van der Waals surface area contributed by atoms with E-state index in [9.17, 15) is 14.4 Å². The standard InChI is InChI=1S/C63H49N5O11/c69-61(74-30-49-43-24-10-4-18-37(43)38-19-5-11-25-44(38)49)67-60-65-57-54(58(66-60)79-63(71)76-32-51-47-28-14-8-22-41(47)42-23-9-15-29-48(42)51)64-35-68(57)52-33-72-53-34-73-59(36-16-2-1-3-17-36)77-56(53)55(52)78-62(70)75-31-50-45-26-12-6-20-39(45)40-21-7-13-27-46(40)50/h1-29,35,49-53,55-56,59H,30-34H2,(H,65,66,67,69)/t52?,53?,55?,56-,59?/m0/s1. The summed E-state index contributed by atoms with van der Waals surface area (Å²) < 4.78 is 51.1. The molecule has 0 radical (unpaired) electrons. The lowest BCUT2D eigenvalue weighted by Crippen LogP contribution is -2.57. The molecular formula is C63H49N5O11. The van der Waals surface area contributed by atoms with Gasteiger partial charge >= 0.3 is 18.4 Å². The number of carbonyl (C=O) groups is 3. The number of benzene rings is 7. The van der Waals surface area contributed by atoms with Crippen molar-refractivity contribution in [3.8, 4) is 39.3 Å². The van der Waals surface area contributed by atoms with E-state index in [-0.39, 0.29) is 73.8 Å². The van der Waals surface area contributed by atoms with Crippen molar-refractivity contribution in [2.75, 3.05) is 38.4 Å². The van der Waals surface area contributed by atoms with E-state index in [4.69, 9.17) is 42.9 Å². The molecule has 392 valence electrons. The summed E-state index contributed by atoms with van der Waals surface area (Å²) in [5.41, 5.74) is 13.5. The van der Waals surface area contributed by atoms with Crippen molar-refractivity contribution in [1.29, 1.82) is 0 Å². The zero-order valence-corrected chi connectivity index (χ0v) is 42.3. The van der Waals surface area contributed by atoms with Crippen molar-refractivity contribution in [2.45, 2.75) is 48.4 Å². The number of aromatic nitrogens is 4. The molecule has 5 atom stereocenters. The molecule has 5 aliphatic rings. The van der Waals surface area contributed by atoms with Gasteiger partial charge in [0, 0.05) is 23.3 Å². The molecular weight excluding hydrogens is 1000 g/mol. The highest BCUT2D eigenvalue weighted by Crippen LogP contribution is 2.48. The lowest BCUT2D eigenvalue weighted by molar-refractivity contribution is -0.306. The minimum Gasteiger partial charge on any atom is -0.448 e. The van der Waals surface area contributed by atoms with Gasteiger partial charge < -0.3 is 42.5 Å². The van der Waals surface area contributed by atoms with Crippen LogP contribution in [0.2, 0.25) is 0 Å². The Kier molecular flexibility index (Phi) is 12.4. The van der Waals surface area contributed by atoms with E-state index in [1.54, 1.807) is 4.57 Å². The Balaban J connectivity index is 0.778. The van der Waals surface area contributed by atoms with Crippen molar-refractivity contribution in [3.05, 3.63) is 221 Å². The second-order valence-electron chi connectivity index (χ2n) is 20.0. The van der Waals surface area contributed by atoms with Crippen molar-refractivity contribution >= 4 is 35.5 Å². The quantitative estimate of drug-likeness (QED) is 0.0954. The average Bonchev–Trinajstić information content (AvgIpc) is 4.44. The van der Waals surface area contributed by atoms with Crippen LogP contribution in [0.1, 0.15) is 69.0 Å². The predicted octanol–water partition coefficient (Wildman–Crippen LogP) is 11.9. The number of nitrogens with zero attached hydrogens (tertiary/aromatic N) is 4. The van der Waals surface area contributed by atoms with Crippen LogP contribution in [0.5, 0.6) is 5.88 Å². The molecule has 7 aromatic carbocycles. The third-order valence-corrected chi connectivity index (χ3v) is 15.7. The number of carbonyl (C=O) groups excluding carboxylic acids is 3. The fourth-order valence-electron chi connectivity index (χ4n) is 12.1. The molecule has 4 unspecified atom stereocenters. The molecule has 2 saturated heterocycles. The largest absolute Gasteiger partial charge is 0.515 e. The smallest absolute Gasteiger partial charge is 0.448 e. The summed E-state index contributed by atoms with van der Waals surface area (Å²) in [4.78, 5) is 56.1. The zero-order valence-electron chi connectivity index (χ0n) is 42.3. The fraction of sp³-hybridized carbons (Fsp3) is 0.206. The molecule has 79 heavy (non-hydrogen) atoms. The van der Waals surface area contributed by atoms with Gasteiger partial charge in [0.1, 0.15) is 32.0 Å². The van der Waals surface area contributed by atoms with Gasteiger partial charge in [-0.15, -0.1) is 0 Å². The first-order valence-electron chi connectivity index (χ1n) is 26.3. The zero-order chi connectivity index (χ0) is 53.0. The molecule has 0 spiro atoms. The highest BCUT2D eigenvalue weighted by Gasteiger charge is 2.50. The van der Waals surface area contributed by atoms with Gasteiger partial charge in [0.05, 0.1) is 25.6 Å². The summed E-state index contributed by atoms with van der Waals surface area (Å²) in [6.07, 6.45) is -4.88. The van der Waals surface area contributed by atoms with Crippen LogP contribution in [0, 0.1) is 0 Å². The van der Waals surface area contributed by atoms with Crippen LogP contribution in [-0.4, -0.2) is 89.3 Å². The minimum absolute atomic E-state index is 0.00763. The van der Waals surface area contributed by atoms with Gasteiger partial charge in [-0.2, -0.15) is 9.97 Å². The first-order chi connectivity index (χ1) is 38.9. The van der Waals surface area contributed by atoms with Crippen LogP contribution in [-0.2, 0) is 33.2 Å². The molecule has 1 amide bonds. The Morgan fingerprint density at radius 2 is 1.00 bits per heavy atom. The molecule has 4 heterocycles. The number of fused-ring (bicyclic) bond motifs is 11. The van der Waals surface area contributed by atoms with E-state index >= 15 is 0 Å². The third kappa shape index (κ3) is 8.79. The molecule has 16 nitrogen and oxygen atoms in total. The summed E-state index contributed by atoms with van der Waals surface area (Å²) in [6, 6.07) is 56.7. The van der Waals surface area contributed by atoms with Gasteiger partial charge in [0.2, 0.25) is 5.95 Å². The molecule has 2 aromatic heterocycles. The summed E-state index contributed by atoms with van der Waals surface area (Å²) in [5.74, 6) is -1.31. The molecule has 16 heteroatoms. The van der Waals surface area contributed by atoms with Crippen LogP contribution in [0.3, 0.4) is 0 Å². The van der Waals surface area contributed by atoms with Crippen LogP contribution in [0.15, 0.2) is 182 Å². The van der Waals surface area contributed by atoms with E-state index in [1.807, 2.05) is 152 Å². The highest BCUT2D eigenvalue weighted by atomic mass is 16.8. The lowest BCUT2D eigenvalue weighted by Gasteiger charge is -2.46. The predicted molar refractivity (Wildman–Crippen MR) is 288 cm³/mol. The molecule has 1 N–H and O–H groups in total. The second kappa shape index (κ2) is 20.3. The Morgan fingerprint density at radius 3 is 1.52 bits per heavy atom. The number of ether oxygens (including phenoxy) is 8.